The number of amides is 2. The fourth-order valence-electron chi connectivity index (χ4n) is 3.40. The van der Waals surface area contributed by atoms with Gasteiger partial charge in [0.05, 0.1) is 19.1 Å². The Morgan fingerprint density at radius 3 is 2.29 bits per heavy atom. The Bertz CT molecular complexity index is 1150. The van der Waals surface area contributed by atoms with Crippen LogP contribution in [0.5, 0.6) is 5.75 Å². The third-order valence-corrected chi connectivity index (χ3v) is 6.59. The van der Waals surface area contributed by atoms with Crippen molar-refractivity contribution in [1.82, 2.24) is 10.2 Å². The van der Waals surface area contributed by atoms with Crippen molar-refractivity contribution in [2.45, 2.75) is 39.8 Å². The average Bonchev–Trinajstić information content (AvgIpc) is 2.83. The Balaban J connectivity index is 2.40. The van der Waals surface area contributed by atoms with E-state index in [9.17, 15) is 22.8 Å². The summed E-state index contributed by atoms with van der Waals surface area (Å²) < 4.78 is 31.4. The summed E-state index contributed by atoms with van der Waals surface area (Å²) >= 11 is 0. The van der Waals surface area contributed by atoms with E-state index in [0.29, 0.717) is 17.9 Å². The lowest BCUT2D eigenvalue weighted by atomic mass is 10.1. The predicted molar refractivity (Wildman–Crippen MR) is 135 cm³/mol. The van der Waals surface area contributed by atoms with E-state index in [1.807, 2.05) is 6.92 Å². The first-order chi connectivity index (χ1) is 16.5. The van der Waals surface area contributed by atoms with Crippen LogP contribution in [-0.2, 0) is 26.2 Å². The molecule has 0 aliphatic rings. The molecule has 1 unspecified atom stereocenters. The summed E-state index contributed by atoms with van der Waals surface area (Å²) in [5.74, 6) is -0.472. The van der Waals surface area contributed by atoms with Gasteiger partial charge in [0.15, 0.2) is 5.78 Å². The number of ketones is 1. The number of sulfonamides is 1. The van der Waals surface area contributed by atoms with Gasteiger partial charge in [-0.1, -0.05) is 31.2 Å². The molecule has 2 amide bonds. The van der Waals surface area contributed by atoms with Crippen LogP contribution < -0.4 is 14.4 Å². The first-order valence-corrected chi connectivity index (χ1v) is 13.1. The van der Waals surface area contributed by atoms with Crippen molar-refractivity contribution in [1.29, 1.82) is 0 Å². The molecule has 0 bridgehead atoms. The third-order valence-electron chi connectivity index (χ3n) is 5.45. The van der Waals surface area contributed by atoms with Gasteiger partial charge in [-0.25, -0.2) is 8.42 Å². The summed E-state index contributed by atoms with van der Waals surface area (Å²) in [7, 11) is -2.33. The first kappa shape index (κ1) is 27.8. The highest BCUT2D eigenvalue weighted by molar-refractivity contribution is 7.92. The van der Waals surface area contributed by atoms with Crippen molar-refractivity contribution in [3.63, 3.8) is 0 Å². The molecule has 0 aliphatic carbocycles. The topological polar surface area (TPSA) is 113 Å². The second-order valence-electron chi connectivity index (χ2n) is 8.21. The van der Waals surface area contributed by atoms with E-state index in [1.165, 1.54) is 24.0 Å². The van der Waals surface area contributed by atoms with Gasteiger partial charge in [-0.15, -0.1) is 0 Å². The lowest BCUT2D eigenvalue weighted by Gasteiger charge is -2.31. The van der Waals surface area contributed by atoms with Gasteiger partial charge in [-0.05, 0) is 50.1 Å². The maximum absolute atomic E-state index is 13.5. The molecule has 0 spiro atoms. The minimum absolute atomic E-state index is 0.0919. The summed E-state index contributed by atoms with van der Waals surface area (Å²) in [5, 5.41) is 2.78. The highest BCUT2D eigenvalue weighted by Crippen LogP contribution is 2.21. The SMILES string of the molecule is CCCNC(=O)C(C)N(Cc1ccc(OC)cc1)C(=O)CN(c1cccc(C(C)=O)c1)S(C)(=O)=O. The quantitative estimate of drug-likeness (QED) is 0.446. The molecule has 2 rings (SSSR count). The molecule has 0 fully saturated rings. The molecule has 0 aromatic heterocycles. The molecule has 0 saturated carbocycles. The van der Waals surface area contributed by atoms with E-state index in [1.54, 1.807) is 50.4 Å². The van der Waals surface area contributed by atoms with E-state index < -0.39 is 28.5 Å². The van der Waals surface area contributed by atoms with Gasteiger partial charge in [-0.3, -0.25) is 18.7 Å². The van der Waals surface area contributed by atoms with Crippen molar-refractivity contribution < 1.29 is 27.5 Å². The second kappa shape index (κ2) is 12.3. The van der Waals surface area contributed by atoms with Crippen LogP contribution in [0, 0.1) is 0 Å². The van der Waals surface area contributed by atoms with Crippen LogP contribution in [0.25, 0.3) is 0 Å². The molecule has 2 aromatic rings. The maximum Gasteiger partial charge on any atom is 0.244 e. The van der Waals surface area contributed by atoms with E-state index in [-0.39, 0.29) is 23.9 Å². The summed E-state index contributed by atoms with van der Waals surface area (Å²) in [6.07, 6.45) is 1.73. The first-order valence-electron chi connectivity index (χ1n) is 11.3. The number of Topliss-reactive ketones (excluding diaryl/α,β-unsaturated/α-hetero) is 1. The number of benzene rings is 2. The molecular weight excluding hydrogens is 470 g/mol. The molecule has 0 saturated heterocycles. The molecular formula is C25H33N3O6S. The molecule has 10 heteroatoms. The van der Waals surface area contributed by atoms with Gasteiger partial charge < -0.3 is 15.0 Å². The summed E-state index contributed by atoms with van der Waals surface area (Å²) in [4.78, 5) is 39.4. The standard InChI is InChI=1S/C25H33N3O6S/c1-6-14-26-25(31)18(2)27(16-20-10-12-23(34-4)13-11-20)24(30)17-28(35(5,32)33)22-9-7-8-21(15-22)19(3)29/h7-13,15,18H,6,14,16-17H2,1-5H3,(H,26,31). The van der Waals surface area contributed by atoms with Crippen LogP contribution in [0.1, 0.15) is 43.1 Å². The lowest BCUT2D eigenvalue weighted by molar-refractivity contribution is -0.139. The van der Waals surface area contributed by atoms with Crippen molar-refractivity contribution in [2.75, 3.05) is 30.8 Å². The monoisotopic (exact) mass is 503 g/mol. The van der Waals surface area contributed by atoms with E-state index in [4.69, 9.17) is 4.74 Å². The van der Waals surface area contributed by atoms with Gasteiger partial charge in [0.2, 0.25) is 21.8 Å². The molecule has 35 heavy (non-hydrogen) atoms. The Morgan fingerprint density at radius 1 is 1.09 bits per heavy atom. The van der Waals surface area contributed by atoms with Gasteiger partial charge in [0, 0.05) is 18.7 Å². The zero-order valence-corrected chi connectivity index (χ0v) is 21.6. The van der Waals surface area contributed by atoms with Crippen LogP contribution >= 0.6 is 0 Å². The van der Waals surface area contributed by atoms with Crippen molar-refractivity contribution >= 4 is 33.3 Å². The predicted octanol–water partition coefficient (Wildman–Crippen LogP) is 2.61. The Kier molecular flexibility index (Phi) is 9.82. The zero-order chi connectivity index (χ0) is 26.2. The average molecular weight is 504 g/mol. The van der Waals surface area contributed by atoms with Gasteiger partial charge >= 0.3 is 0 Å². The summed E-state index contributed by atoms with van der Waals surface area (Å²) in [6, 6.07) is 12.3. The van der Waals surface area contributed by atoms with E-state index in [0.717, 1.165) is 22.5 Å². The van der Waals surface area contributed by atoms with Crippen molar-refractivity contribution in [3.8, 4) is 5.75 Å². The summed E-state index contributed by atoms with van der Waals surface area (Å²) in [6.45, 7) is 4.93. The Hall–Kier alpha value is -3.40. The number of rotatable bonds is 12. The number of methoxy groups -OCH3 is 1. The highest BCUT2D eigenvalue weighted by atomic mass is 32.2. The van der Waals surface area contributed by atoms with Gasteiger partial charge in [0.1, 0.15) is 18.3 Å². The number of hydrogen-bond acceptors (Lipinski definition) is 6. The molecule has 0 heterocycles. The number of hydrogen-bond donors (Lipinski definition) is 1. The Morgan fingerprint density at radius 2 is 1.74 bits per heavy atom. The van der Waals surface area contributed by atoms with Crippen LogP contribution in [0.4, 0.5) is 5.69 Å². The maximum atomic E-state index is 13.5. The Labute approximate surface area is 207 Å². The largest absolute Gasteiger partial charge is 0.497 e. The number of anilines is 1. The normalized spacial score (nSPS) is 11.9. The lowest BCUT2D eigenvalue weighted by Crippen LogP contribution is -2.51. The molecule has 9 nitrogen and oxygen atoms in total. The van der Waals surface area contributed by atoms with Crippen LogP contribution in [0.3, 0.4) is 0 Å². The van der Waals surface area contributed by atoms with Gasteiger partial charge in [-0.2, -0.15) is 0 Å². The van der Waals surface area contributed by atoms with Crippen molar-refractivity contribution in [3.05, 3.63) is 59.7 Å². The number of carbonyl (C=O) groups is 3. The number of carbonyl (C=O) groups excluding carboxylic acids is 3. The smallest absolute Gasteiger partial charge is 0.244 e. The van der Waals surface area contributed by atoms with Crippen molar-refractivity contribution in [2.24, 2.45) is 0 Å². The molecule has 190 valence electrons. The second-order valence-corrected chi connectivity index (χ2v) is 10.1. The minimum atomic E-state index is -3.87. The molecule has 0 aliphatic heterocycles. The van der Waals surface area contributed by atoms with E-state index >= 15 is 0 Å². The van der Waals surface area contributed by atoms with E-state index in [2.05, 4.69) is 5.32 Å². The van der Waals surface area contributed by atoms with Crippen LogP contribution in [-0.4, -0.2) is 63.4 Å². The zero-order valence-electron chi connectivity index (χ0n) is 20.8. The summed E-state index contributed by atoms with van der Waals surface area (Å²) in [5.41, 5.74) is 1.27. The molecule has 1 atom stereocenters. The third kappa shape index (κ3) is 7.81. The minimum Gasteiger partial charge on any atom is -0.497 e. The van der Waals surface area contributed by atoms with Crippen LogP contribution in [0.2, 0.25) is 0 Å². The number of ether oxygens (including phenoxy) is 1. The fourth-order valence-corrected chi connectivity index (χ4v) is 4.24. The highest BCUT2D eigenvalue weighted by Gasteiger charge is 2.30. The van der Waals surface area contributed by atoms with Gasteiger partial charge in [0.25, 0.3) is 0 Å². The fraction of sp³-hybridized carbons (Fsp3) is 0.400. The molecule has 1 N–H and O–H groups in total. The molecule has 0 radical (unpaired) electrons. The number of nitrogens with one attached hydrogen (secondary N) is 1. The van der Waals surface area contributed by atoms with Crippen LogP contribution in [0.15, 0.2) is 48.5 Å². The molecule has 2 aromatic carbocycles. The number of nitrogens with zero attached hydrogens (tertiary/aromatic N) is 2.